The molecule has 0 aliphatic carbocycles. The molecule has 0 aromatic carbocycles. The van der Waals surface area contributed by atoms with Crippen LogP contribution in [0.4, 0.5) is 43.8 Å². The number of nitrogens with zero attached hydrogens (tertiary/aromatic N) is 7. The van der Waals surface area contributed by atoms with Crippen molar-refractivity contribution in [3.05, 3.63) is 23.0 Å². The molecule has 1 aliphatic rings. The second kappa shape index (κ2) is 13.0. The normalized spacial score (nSPS) is 13.7. The van der Waals surface area contributed by atoms with Crippen LogP contribution in [0.1, 0.15) is 32.5 Å². The maximum absolute atomic E-state index is 10.6. The molecule has 0 amide bonds. The van der Waals surface area contributed by atoms with Crippen molar-refractivity contribution in [3.63, 3.8) is 0 Å². The molecule has 1 saturated heterocycles. The number of carboxylic acid groups (broad SMARTS) is 2. The topological polar surface area (TPSA) is 201 Å². The standard InChI is InChI=1S/C19H23ClN10.2C2HF3O2/c1-4-12-15(20)14-16(24-12)25-19(26-18(14)29-7-10(21)8-29)23-11-5-13-17(22-6-11)30(9(2)3)28-27-13;2*3-2(4,5)1(6)7/h5-6,9-10H,4,7-8,21H2,1-3H3,(H2,23,24,25,26);2*(H,6,7). The number of aromatic nitrogens is 7. The maximum atomic E-state index is 10.6. The summed E-state index contributed by atoms with van der Waals surface area (Å²) in [6.07, 6.45) is -7.65. The number of nitrogens with one attached hydrogen (secondary N) is 2. The lowest BCUT2D eigenvalue weighted by atomic mass is 10.1. The van der Waals surface area contributed by atoms with Crippen molar-refractivity contribution in [3.8, 4) is 0 Å². The van der Waals surface area contributed by atoms with Crippen molar-refractivity contribution in [2.24, 2.45) is 5.73 Å². The highest BCUT2D eigenvalue weighted by molar-refractivity contribution is 6.37. The minimum atomic E-state index is -5.08. The van der Waals surface area contributed by atoms with Crippen LogP contribution in [0.3, 0.4) is 0 Å². The van der Waals surface area contributed by atoms with E-state index in [1.165, 1.54) is 0 Å². The quantitative estimate of drug-likeness (QED) is 0.194. The van der Waals surface area contributed by atoms with Crippen LogP contribution in [0, 0.1) is 0 Å². The van der Waals surface area contributed by atoms with E-state index in [-0.39, 0.29) is 12.1 Å². The molecule has 0 spiro atoms. The number of rotatable bonds is 5. The molecule has 4 aromatic rings. The number of aryl methyl sites for hydroxylation is 1. The summed E-state index contributed by atoms with van der Waals surface area (Å²) in [5.74, 6) is -4.28. The summed E-state index contributed by atoms with van der Waals surface area (Å²) in [5, 5.41) is 27.4. The molecule has 1 fully saturated rings. The van der Waals surface area contributed by atoms with Crippen LogP contribution < -0.4 is 16.0 Å². The smallest absolute Gasteiger partial charge is 0.475 e. The highest BCUT2D eigenvalue weighted by atomic mass is 35.5. The van der Waals surface area contributed by atoms with Crippen molar-refractivity contribution >= 4 is 63.2 Å². The van der Waals surface area contributed by atoms with Crippen LogP contribution in [0.2, 0.25) is 5.02 Å². The van der Waals surface area contributed by atoms with Crippen LogP contribution in [0.5, 0.6) is 0 Å². The van der Waals surface area contributed by atoms with Crippen LogP contribution >= 0.6 is 11.6 Å². The summed E-state index contributed by atoms with van der Waals surface area (Å²) in [6.45, 7) is 7.61. The second-order valence-corrected chi connectivity index (χ2v) is 9.83. The number of H-pyrrole nitrogens is 1. The van der Waals surface area contributed by atoms with E-state index in [0.717, 1.165) is 47.7 Å². The van der Waals surface area contributed by atoms with Crippen molar-refractivity contribution < 1.29 is 46.1 Å². The number of hydrogen-bond acceptors (Lipinski definition) is 10. The van der Waals surface area contributed by atoms with Crippen LogP contribution in [0.15, 0.2) is 12.3 Å². The summed E-state index contributed by atoms with van der Waals surface area (Å²) in [7, 11) is 0. The molecule has 0 bridgehead atoms. The van der Waals surface area contributed by atoms with Crippen molar-refractivity contribution in [1.82, 2.24) is 34.9 Å². The first-order valence-electron chi connectivity index (χ1n) is 12.5. The van der Waals surface area contributed by atoms with Crippen LogP contribution in [-0.4, -0.2) is 88.6 Å². The van der Waals surface area contributed by atoms with E-state index in [4.69, 9.17) is 42.1 Å². The fourth-order valence-corrected chi connectivity index (χ4v) is 4.04. The van der Waals surface area contributed by atoms with Gasteiger partial charge in [0.1, 0.15) is 17.0 Å². The summed E-state index contributed by atoms with van der Waals surface area (Å²) in [5.41, 5.74) is 9.82. The van der Waals surface area contributed by atoms with Gasteiger partial charge in [0, 0.05) is 24.8 Å². The Kier molecular flexibility index (Phi) is 10.1. The van der Waals surface area contributed by atoms with Gasteiger partial charge < -0.3 is 31.1 Å². The molecule has 0 radical (unpaired) electrons. The highest BCUT2D eigenvalue weighted by Crippen LogP contribution is 2.36. The summed E-state index contributed by atoms with van der Waals surface area (Å²) >= 11 is 6.61. The molecule has 44 heavy (non-hydrogen) atoms. The Labute approximate surface area is 248 Å². The number of hydrogen-bond donors (Lipinski definition) is 5. The molecule has 240 valence electrons. The molecule has 0 atom stereocenters. The van der Waals surface area contributed by atoms with Crippen molar-refractivity contribution in [1.29, 1.82) is 0 Å². The first-order chi connectivity index (χ1) is 20.3. The van der Waals surface area contributed by atoms with Gasteiger partial charge in [0.05, 0.1) is 28.3 Å². The van der Waals surface area contributed by atoms with Gasteiger partial charge >= 0.3 is 24.3 Å². The van der Waals surface area contributed by atoms with Crippen molar-refractivity contribution in [2.45, 2.75) is 51.6 Å². The molecule has 0 unspecified atom stereocenters. The Morgan fingerprint density at radius 1 is 1.14 bits per heavy atom. The minimum Gasteiger partial charge on any atom is -0.475 e. The van der Waals surface area contributed by atoms with E-state index >= 15 is 0 Å². The third-order valence-corrected chi connectivity index (χ3v) is 6.17. The Morgan fingerprint density at radius 3 is 2.18 bits per heavy atom. The third-order valence-electron chi connectivity index (χ3n) is 5.75. The van der Waals surface area contributed by atoms with Gasteiger partial charge in [-0.3, -0.25) is 0 Å². The average molecular weight is 655 g/mol. The number of alkyl halides is 6. The Morgan fingerprint density at radius 2 is 1.70 bits per heavy atom. The van der Waals surface area contributed by atoms with Gasteiger partial charge in [-0.05, 0) is 26.3 Å². The molecule has 6 N–H and O–H groups in total. The Hall–Kier alpha value is -4.46. The van der Waals surface area contributed by atoms with E-state index in [1.54, 1.807) is 10.9 Å². The van der Waals surface area contributed by atoms with Gasteiger partial charge in [0.2, 0.25) is 5.95 Å². The molecular formula is C23H25ClF6N10O4. The fraction of sp³-hybridized carbons (Fsp3) is 0.435. The number of fused-ring (bicyclic) bond motifs is 2. The van der Waals surface area contributed by atoms with Gasteiger partial charge in [-0.1, -0.05) is 23.7 Å². The number of carboxylic acids is 2. The number of pyridine rings is 1. The van der Waals surface area contributed by atoms with Crippen molar-refractivity contribution in [2.75, 3.05) is 23.3 Å². The zero-order chi connectivity index (χ0) is 33.1. The van der Waals surface area contributed by atoms with E-state index in [9.17, 15) is 26.3 Å². The number of aliphatic carboxylic acids is 2. The molecule has 14 nitrogen and oxygen atoms in total. The predicted octanol–water partition coefficient (Wildman–Crippen LogP) is 4.05. The number of aromatic amines is 1. The molecule has 0 saturated carbocycles. The number of halogens is 7. The summed E-state index contributed by atoms with van der Waals surface area (Å²) < 4.78 is 65.3. The van der Waals surface area contributed by atoms with Gasteiger partial charge in [-0.15, -0.1) is 5.10 Å². The molecular weight excluding hydrogens is 630 g/mol. The maximum Gasteiger partial charge on any atom is 0.490 e. The van der Waals surface area contributed by atoms with Gasteiger partial charge in [0.25, 0.3) is 0 Å². The monoisotopic (exact) mass is 654 g/mol. The van der Waals surface area contributed by atoms with Crippen LogP contribution in [0.25, 0.3) is 22.2 Å². The van der Waals surface area contributed by atoms with E-state index in [0.29, 0.717) is 22.1 Å². The van der Waals surface area contributed by atoms with E-state index in [1.807, 2.05) is 26.8 Å². The average Bonchev–Trinajstić information content (AvgIpc) is 3.46. The molecule has 21 heteroatoms. The Bertz CT molecular complexity index is 1630. The molecule has 5 rings (SSSR count). The Balaban J connectivity index is 0.000000317. The fourth-order valence-electron chi connectivity index (χ4n) is 3.68. The minimum absolute atomic E-state index is 0.143. The first-order valence-corrected chi connectivity index (χ1v) is 12.9. The highest BCUT2D eigenvalue weighted by Gasteiger charge is 2.39. The number of anilines is 3. The lowest BCUT2D eigenvalue weighted by molar-refractivity contribution is -0.193. The lowest BCUT2D eigenvalue weighted by Gasteiger charge is -2.38. The third kappa shape index (κ3) is 7.92. The largest absolute Gasteiger partial charge is 0.490 e. The second-order valence-electron chi connectivity index (χ2n) is 9.46. The van der Waals surface area contributed by atoms with E-state index in [2.05, 4.69) is 35.5 Å². The number of nitrogens with two attached hydrogens (primary N) is 1. The van der Waals surface area contributed by atoms with E-state index < -0.39 is 24.3 Å². The predicted molar refractivity (Wildman–Crippen MR) is 145 cm³/mol. The van der Waals surface area contributed by atoms with Crippen LogP contribution in [-0.2, 0) is 16.0 Å². The summed E-state index contributed by atoms with van der Waals surface area (Å²) in [6, 6.07) is 2.22. The molecule has 5 heterocycles. The number of carbonyl (C=O) groups is 2. The lowest BCUT2D eigenvalue weighted by Crippen LogP contribution is -2.56. The SMILES string of the molecule is CCc1[nH]c2nc(Nc3cnc4c(c3)nnn4C(C)C)nc(N3CC(N)C3)c2c1Cl.O=C(O)C(F)(F)F.O=C(O)C(F)(F)F. The zero-order valence-corrected chi connectivity index (χ0v) is 23.8. The first kappa shape index (κ1) is 34.0. The molecule has 1 aliphatic heterocycles. The summed E-state index contributed by atoms with van der Waals surface area (Å²) in [4.78, 5) is 37.1. The van der Waals surface area contributed by atoms with Gasteiger partial charge in [-0.25, -0.2) is 19.3 Å². The van der Waals surface area contributed by atoms with Gasteiger partial charge in [-0.2, -0.15) is 36.3 Å². The zero-order valence-electron chi connectivity index (χ0n) is 23.0. The van der Waals surface area contributed by atoms with Gasteiger partial charge in [0.15, 0.2) is 5.65 Å². The molecule has 4 aromatic heterocycles.